The molecule has 164 valence electrons. The van der Waals surface area contributed by atoms with Crippen LogP contribution in [0.3, 0.4) is 0 Å². The Morgan fingerprint density at radius 3 is 2.42 bits per heavy atom. The Bertz CT molecular complexity index is 1350. The average Bonchev–Trinajstić information content (AvgIpc) is 3.57. The lowest BCUT2D eigenvalue weighted by atomic mass is 10.0. The van der Waals surface area contributed by atoms with Gasteiger partial charge < -0.3 is 4.90 Å². The van der Waals surface area contributed by atoms with Crippen molar-refractivity contribution in [1.82, 2.24) is 9.88 Å². The summed E-state index contributed by atoms with van der Waals surface area (Å²) in [7, 11) is 0. The number of thiophene rings is 2. The van der Waals surface area contributed by atoms with Gasteiger partial charge in [-0.05, 0) is 47.5 Å². The van der Waals surface area contributed by atoms with Crippen molar-refractivity contribution >= 4 is 39.5 Å². The van der Waals surface area contributed by atoms with Crippen molar-refractivity contribution in [3.05, 3.63) is 112 Å². The highest BCUT2D eigenvalue weighted by molar-refractivity contribution is 7.13. The lowest BCUT2D eigenvalue weighted by Crippen LogP contribution is -2.39. The Balaban J connectivity index is 1.58. The number of carbonyl (C=O) groups is 1. The first-order chi connectivity index (χ1) is 16.2. The molecule has 0 spiro atoms. The van der Waals surface area contributed by atoms with Gasteiger partial charge in [-0.1, -0.05) is 60.7 Å². The number of rotatable bonds is 7. The van der Waals surface area contributed by atoms with Crippen LogP contribution in [0.15, 0.2) is 95.7 Å². The van der Waals surface area contributed by atoms with Gasteiger partial charge in [-0.25, -0.2) is 4.98 Å². The van der Waals surface area contributed by atoms with Crippen LogP contribution < -0.4 is 0 Å². The zero-order valence-electron chi connectivity index (χ0n) is 18.3. The zero-order chi connectivity index (χ0) is 22.6. The maximum absolute atomic E-state index is 14.2. The monoisotopic (exact) mass is 468 g/mol. The van der Waals surface area contributed by atoms with Crippen LogP contribution in [0, 0.1) is 0 Å². The molecule has 1 amide bonds. The first-order valence-corrected chi connectivity index (χ1v) is 12.8. The summed E-state index contributed by atoms with van der Waals surface area (Å²) >= 11 is 3.38. The smallest absolute Gasteiger partial charge is 0.255 e. The van der Waals surface area contributed by atoms with Gasteiger partial charge in [0.1, 0.15) is 0 Å². The minimum atomic E-state index is 0.0410. The standard InChI is InChI=1S/C28H24N2OS2/c1-20(17-22-11-7-15-32-22)30(19-21-9-3-2-4-10-21)28(31)24-18-26(27-14-8-16-33-27)29-25-13-6-5-12-23(24)25/h2-16,18,20H,17,19H2,1H3/t20-/m1/s1. The summed E-state index contributed by atoms with van der Waals surface area (Å²) in [6.07, 6.45) is 0.830. The van der Waals surface area contributed by atoms with E-state index in [1.807, 2.05) is 64.9 Å². The number of nitrogens with zero attached hydrogens (tertiary/aromatic N) is 2. The fraction of sp³-hybridized carbons (Fsp3) is 0.143. The topological polar surface area (TPSA) is 33.2 Å². The summed E-state index contributed by atoms with van der Waals surface area (Å²) in [5.41, 5.74) is 3.52. The van der Waals surface area contributed by atoms with Gasteiger partial charge in [-0.2, -0.15) is 0 Å². The number of aromatic nitrogens is 1. The molecule has 5 heteroatoms. The number of para-hydroxylation sites is 1. The maximum atomic E-state index is 14.2. The van der Waals surface area contributed by atoms with Gasteiger partial charge >= 0.3 is 0 Å². The van der Waals surface area contributed by atoms with Crippen LogP contribution >= 0.6 is 22.7 Å². The number of hydrogen-bond acceptors (Lipinski definition) is 4. The molecule has 33 heavy (non-hydrogen) atoms. The molecule has 3 aromatic heterocycles. The molecule has 2 aromatic carbocycles. The molecule has 0 unspecified atom stereocenters. The third-order valence-electron chi connectivity index (χ3n) is 5.79. The highest BCUT2D eigenvalue weighted by Gasteiger charge is 2.25. The minimum absolute atomic E-state index is 0.0410. The van der Waals surface area contributed by atoms with E-state index in [2.05, 4.69) is 42.6 Å². The number of pyridine rings is 1. The molecule has 0 N–H and O–H groups in total. The normalized spacial score (nSPS) is 12.0. The lowest BCUT2D eigenvalue weighted by Gasteiger charge is -2.30. The van der Waals surface area contributed by atoms with Gasteiger partial charge in [0.2, 0.25) is 0 Å². The van der Waals surface area contributed by atoms with Crippen LogP contribution in [0.4, 0.5) is 0 Å². The first kappa shape index (κ1) is 21.6. The molecular formula is C28H24N2OS2. The molecule has 0 aliphatic carbocycles. The number of fused-ring (bicyclic) bond motifs is 1. The lowest BCUT2D eigenvalue weighted by molar-refractivity contribution is 0.0678. The largest absolute Gasteiger partial charge is 0.331 e. The Kier molecular flexibility index (Phi) is 6.33. The van der Waals surface area contributed by atoms with Crippen molar-refractivity contribution in [1.29, 1.82) is 0 Å². The first-order valence-electron chi connectivity index (χ1n) is 11.0. The van der Waals surface area contributed by atoms with E-state index in [0.29, 0.717) is 12.1 Å². The summed E-state index contributed by atoms with van der Waals surface area (Å²) in [6, 6.07) is 28.5. The Morgan fingerprint density at radius 2 is 1.67 bits per heavy atom. The minimum Gasteiger partial charge on any atom is -0.331 e. The summed E-state index contributed by atoms with van der Waals surface area (Å²) in [5.74, 6) is 0.0410. The van der Waals surface area contributed by atoms with Crippen LogP contribution in [0.25, 0.3) is 21.5 Å². The van der Waals surface area contributed by atoms with Crippen molar-refractivity contribution in [3.8, 4) is 10.6 Å². The van der Waals surface area contributed by atoms with Crippen molar-refractivity contribution in [2.45, 2.75) is 25.9 Å². The fourth-order valence-electron chi connectivity index (χ4n) is 4.10. The van der Waals surface area contributed by atoms with Gasteiger partial charge in [0.15, 0.2) is 0 Å². The highest BCUT2D eigenvalue weighted by Crippen LogP contribution is 2.29. The molecule has 5 aromatic rings. The molecule has 0 saturated carbocycles. The Morgan fingerprint density at radius 1 is 0.909 bits per heavy atom. The van der Waals surface area contributed by atoms with Gasteiger partial charge in [0, 0.05) is 29.3 Å². The van der Waals surface area contributed by atoms with Crippen molar-refractivity contribution in [2.24, 2.45) is 0 Å². The molecule has 3 nitrogen and oxygen atoms in total. The Hall–Kier alpha value is -3.28. The van der Waals surface area contributed by atoms with Crippen LogP contribution in [-0.4, -0.2) is 21.8 Å². The predicted octanol–water partition coefficient (Wildman–Crippen LogP) is 7.30. The quantitative estimate of drug-likeness (QED) is 0.251. The number of benzene rings is 2. The van der Waals surface area contributed by atoms with E-state index in [1.54, 1.807) is 22.7 Å². The van der Waals surface area contributed by atoms with E-state index in [-0.39, 0.29) is 11.9 Å². The fourth-order valence-corrected chi connectivity index (χ4v) is 5.61. The SMILES string of the molecule is C[C@H](Cc1cccs1)N(Cc1ccccc1)C(=O)c1cc(-c2cccs2)nc2ccccc12. The third-order valence-corrected chi connectivity index (χ3v) is 7.58. The third kappa shape index (κ3) is 4.75. The van der Waals surface area contributed by atoms with Crippen LogP contribution in [0.1, 0.15) is 27.7 Å². The van der Waals surface area contributed by atoms with Gasteiger partial charge in [-0.3, -0.25) is 4.79 Å². The molecule has 5 rings (SSSR count). The van der Waals surface area contributed by atoms with Crippen molar-refractivity contribution in [3.63, 3.8) is 0 Å². The molecule has 0 bridgehead atoms. The number of carbonyl (C=O) groups excluding carboxylic acids is 1. The van der Waals surface area contributed by atoms with E-state index < -0.39 is 0 Å². The second kappa shape index (κ2) is 9.69. The van der Waals surface area contributed by atoms with E-state index in [0.717, 1.165) is 33.5 Å². The Labute approximate surface area is 202 Å². The molecule has 0 saturated heterocycles. The second-order valence-corrected chi connectivity index (χ2v) is 10.1. The molecule has 3 heterocycles. The molecule has 0 aliphatic rings. The number of amides is 1. The van der Waals surface area contributed by atoms with E-state index in [9.17, 15) is 4.79 Å². The summed E-state index contributed by atoms with van der Waals surface area (Å²) in [6.45, 7) is 2.71. The average molecular weight is 469 g/mol. The predicted molar refractivity (Wildman–Crippen MR) is 139 cm³/mol. The van der Waals surface area contributed by atoms with Crippen LogP contribution in [0.2, 0.25) is 0 Å². The van der Waals surface area contributed by atoms with E-state index in [1.165, 1.54) is 4.88 Å². The molecule has 1 atom stereocenters. The molecule has 0 radical (unpaired) electrons. The van der Waals surface area contributed by atoms with Crippen LogP contribution in [-0.2, 0) is 13.0 Å². The molecular weight excluding hydrogens is 444 g/mol. The molecule has 0 fully saturated rings. The summed E-state index contributed by atoms with van der Waals surface area (Å²) in [5, 5.41) is 5.03. The number of hydrogen-bond donors (Lipinski definition) is 0. The van der Waals surface area contributed by atoms with E-state index in [4.69, 9.17) is 4.98 Å². The van der Waals surface area contributed by atoms with Crippen molar-refractivity contribution < 1.29 is 4.79 Å². The van der Waals surface area contributed by atoms with Gasteiger partial charge in [0.25, 0.3) is 5.91 Å². The van der Waals surface area contributed by atoms with Crippen molar-refractivity contribution in [2.75, 3.05) is 0 Å². The zero-order valence-corrected chi connectivity index (χ0v) is 20.0. The van der Waals surface area contributed by atoms with Crippen LogP contribution in [0.5, 0.6) is 0 Å². The maximum Gasteiger partial charge on any atom is 0.255 e. The highest BCUT2D eigenvalue weighted by atomic mass is 32.1. The molecule has 0 aliphatic heterocycles. The van der Waals surface area contributed by atoms with Gasteiger partial charge in [-0.15, -0.1) is 22.7 Å². The van der Waals surface area contributed by atoms with Gasteiger partial charge in [0.05, 0.1) is 21.7 Å². The summed E-state index contributed by atoms with van der Waals surface area (Å²) in [4.78, 5) is 23.4. The summed E-state index contributed by atoms with van der Waals surface area (Å²) < 4.78 is 0. The van der Waals surface area contributed by atoms with E-state index >= 15 is 0 Å². The second-order valence-electron chi connectivity index (χ2n) is 8.10.